The Hall–Kier alpha value is -1.20. The normalized spacial score (nSPS) is 22.0. The van der Waals surface area contributed by atoms with E-state index in [0.29, 0.717) is 18.4 Å². The van der Waals surface area contributed by atoms with Crippen LogP contribution in [0.4, 0.5) is 0 Å². The summed E-state index contributed by atoms with van der Waals surface area (Å²) in [6.07, 6.45) is 6.42. The number of Topliss-reactive ketones (excluding diaryl/α,β-unsaturated/α-hetero) is 1. The molecule has 1 saturated heterocycles. The molecule has 3 rings (SSSR count). The summed E-state index contributed by atoms with van der Waals surface area (Å²) in [7, 11) is 0. The topological polar surface area (TPSA) is 49.4 Å². The Morgan fingerprint density at radius 2 is 2.17 bits per heavy atom. The van der Waals surface area contributed by atoms with Crippen LogP contribution in [0.1, 0.15) is 60.7 Å². The van der Waals surface area contributed by atoms with E-state index in [9.17, 15) is 9.59 Å². The zero-order valence-electron chi connectivity index (χ0n) is 13.8. The number of carbonyl (C=O) groups is 2. The van der Waals surface area contributed by atoms with Gasteiger partial charge in [-0.15, -0.1) is 11.3 Å². The molecule has 1 N–H and O–H groups in total. The second-order valence-corrected chi connectivity index (χ2v) is 7.91. The molecule has 2 fully saturated rings. The lowest BCUT2D eigenvalue weighted by Crippen LogP contribution is -2.35. The summed E-state index contributed by atoms with van der Waals surface area (Å²) >= 11 is 1.54. The van der Waals surface area contributed by atoms with Crippen molar-refractivity contribution >= 4 is 23.0 Å². The van der Waals surface area contributed by atoms with Crippen molar-refractivity contribution in [1.82, 2.24) is 10.2 Å². The lowest BCUT2D eigenvalue weighted by Gasteiger charge is -2.32. The van der Waals surface area contributed by atoms with Crippen LogP contribution in [0.15, 0.2) is 11.4 Å². The largest absolute Gasteiger partial charge is 0.353 e. The second kappa shape index (κ2) is 7.58. The first kappa shape index (κ1) is 16.7. The van der Waals surface area contributed by atoms with Crippen LogP contribution < -0.4 is 5.32 Å². The molecule has 126 valence electrons. The van der Waals surface area contributed by atoms with E-state index in [1.165, 1.54) is 18.4 Å². The molecular formula is C18H26N2O2S. The van der Waals surface area contributed by atoms with Crippen molar-refractivity contribution in [2.45, 2.75) is 58.0 Å². The van der Waals surface area contributed by atoms with Crippen molar-refractivity contribution in [3.63, 3.8) is 0 Å². The van der Waals surface area contributed by atoms with Crippen LogP contribution >= 0.6 is 11.3 Å². The molecule has 23 heavy (non-hydrogen) atoms. The van der Waals surface area contributed by atoms with Gasteiger partial charge in [0, 0.05) is 25.6 Å². The number of nitrogens with one attached hydrogen (secondary N) is 1. The van der Waals surface area contributed by atoms with Crippen molar-refractivity contribution in [3.05, 3.63) is 21.9 Å². The third kappa shape index (κ3) is 5.15. The first-order valence-electron chi connectivity index (χ1n) is 8.70. The van der Waals surface area contributed by atoms with Gasteiger partial charge in [0.2, 0.25) is 5.91 Å². The summed E-state index contributed by atoms with van der Waals surface area (Å²) in [5.41, 5.74) is 1.24. The maximum absolute atomic E-state index is 11.8. The highest BCUT2D eigenvalue weighted by molar-refractivity contribution is 7.12. The number of hydrogen-bond acceptors (Lipinski definition) is 4. The first-order valence-corrected chi connectivity index (χ1v) is 9.58. The van der Waals surface area contributed by atoms with Crippen molar-refractivity contribution < 1.29 is 9.59 Å². The highest BCUT2D eigenvalue weighted by atomic mass is 32.1. The van der Waals surface area contributed by atoms with Gasteiger partial charge in [0.05, 0.1) is 4.88 Å². The molecule has 0 aromatic carbocycles. The molecule has 0 spiro atoms. The number of carbonyl (C=O) groups excluding carboxylic acids is 2. The SMILES string of the molecule is CC(=O)c1cc(CN2CCC[C@H](CCC(=O)NC3CC3)C2)cs1. The average molecular weight is 334 g/mol. The van der Waals surface area contributed by atoms with E-state index in [4.69, 9.17) is 0 Å². The van der Waals surface area contributed by atoms with Crippen LogP contribution in [-0.4, -0.2) is 35.7 Å². The molecule has 1 amide bonds. The molecule has 5 heteroatoms. The smallest absolute Gasteiger partial charge is 0.220 e. The molecular weight excluding hydrogens is 308 g/mol. The van der Waals surface area contributed by atoms with E-state index in [2.05, 4.69) is 15.6 Å². The predicted octanol–water partition coefficient (Wildman–Crippen LogP) is 3.22. The van der Waals surface area contributed by atoms with Gasteiger partial charge in [-0.05, 0) is 68.5 Å². The van der Waals surface area contributed by atoms with Gasteiger partial charge >= 0.3 is 0 Å². The number of ketones is 1. The molecule has 1 aliphatic heterocycles. The summed E-state index contributed by atoms with van der Waals surface area (Å²) in [5, 5.41) is 5.18. The minimum Gasteiger partial charge on any atom is -0.353 e. The Labute approximate surface area is 142 Å². The molecule has 1 atom stereocenters. The lowest BCUT2D eigenvalue weighted by atomic mass is 9.93. The molecule has 1 aromatic heterocycles. The Balaban J connectivity index is 1.43. The fourth-order valence-electron chi connectivity index (χ4n) is 3.29. The lowest BCUT2D eigenvalue weighted by molar-refractivity contribution is -0.121. The zero-order valence-corrected chi connectivity index (χ0v) is 14.7. The van der Waals surface area contributed by atoms with Gasteiger partial charge in [0.1, 0.15) is 0 Å². The van der Waals surface area contributed by atoms with Crippen LogP contribution in [0, 0.1) is 5.92 Å². The maximum Gasteiger partial charge on any atom is 0.220 e. The van der Waals surface area contributed by atoms with Crippen LogP contribution in [0.3, 0.4) is 0 Å². The van der Waals surface area contributed by atoms with Gasteiger partial charge in [-0.1, -0.05) is 0 Å². The highest BCUT2D eigenvalue weighted by Crippen LogP contribution is 2.25. The molecule has 1 aromatic rings. The number of amides is 1. The van der Waals surface area contributed by atoms with Gasteiger partial charge in [0.15, 0.2) is 5.78 Å². The van der Waals surface area contributed by atoms with E-state index in [0.717, 1.165) is 43.8 Å². The Kier molecular flexibility index (Phi) is 5.49. The maximum atomic E-state index is 11.8. The quantitative estimate of drug-likeness (QED) is 0.779. The summed E-state index contributed by atoms with van der Waals surface area (Å²) in [6, 6.07) is 2.50. The van der Waals surface area contributed by atoms with Crippen molar-refractivity contribution in [3.8, 4) is 0 Å². The van der Waals surface area contributed by atoms with Crippen molar-refractivity contribution in [2.75, 3.05) is 13.1 Å². The molecule has 0 radical (unpaired) electrons. The van der Waals surface area contributed by atoms with E-state index in [1.54, 1.807) is 18.3 Å². The summed E-state index contributed by atoms with van der Waals surface area (Å²) < 4.78 is 0. The zero-order chi connectivity index (χ0) is 16.2. The molecule has 2 heterocycles. The number of nitrogens with zero attached hydrogens (tertiary/aromatic N) is 1. The number of likely N-dealkylation sites (tertiary alicyclic amines) is 1. The highest BCUT2D eigenvalue weighted by Gasteiger charge is 2.25. The Morgan fingerprint density at radius 1 is 1.35 bits per heavy atom. The Morgan fingerprint density at radius 3 is 2.87 bits per heavy atom. The monoisotopic (exact) mass is 334 g/mol. The van der Waals surface area contributed by atoms with Crippen LogP contribution in [-0.2, 0) is 11.3 Å². The summed E-state index contributed by atoms with van der Waals surface area (Å²) in [5.74, 6) is 1.01. The molecule has 1 aliphatic carbocycles. The third-order valence-electron chi connectivity index (χ3n) is 4.73. The second-order valence-electron chi connectivity index (χ2n) is 7.00. The van der Waals surface area contributed by atoms with Crippen molar-refractivity contribution in [1.29, 1.82) is 0 Å². The number of rotatable bonds is 7. The predicted molar refractivity (Wildman–Crippen MR) is 92.7 cm³/mol. The van der Waals surface area contributed by atoms with Gasteiger partial charge in [-0.2, -0.15) is 0 Å². The van der Waals surface area contributed by atoms with E-state index >= 15 is 0 Å². The fourth-order valence-corrected chi connectivity index (χ4v) is 4.10. The van der Waals surface area contributed by atoms with Gasteiger partial charge in [-0.25, -0.2) is 0 Å². The number of thiophene rings is 1. The van der Waals surface area contributed by atoms with E-state index < -0.39 is 0 Å². The molecule has 2 aliphatic rings. The number of hydrogen-bond donors (Lipinski definition) is 1. The molecule has 4 nitrogen and oxygen atoms in total. The van der Waals surface area contributed by atoms with Crippen LogP contribution in [0.2, 0.25) is 0 Å². The van der Waals surface area contributed by atoms with Gasteiger partial charge in [0.25, 0.3) is 0 Å². The number of piperidine rings is 1. The molecule has 1 saturated carbocycles. The summed E-state index contributed by atoms with van der Waals surface area (Å²) in [6.45, 7) is 4.74. The van der Waals surface area contributed by atoms with Crippen LogP contribution in [0.5, 0.6) is 0 Å². The Bertz CT molecular complexity index is 565. The molecule has 0 bridgehead atoms. The summed E-state index contributed by atoms with van der Waals surface area (Å²) in [4.78, 5) is 26.5. The standard InChI is InChI=1S/C18H26N2O2S/c1-13(21)17-9-15(12-23-17)11-20-8-2-3-14(10-20)4-7-18(22)19-16-5-6-16/h9,12,14,16H,2-8,10-11H2,1H3,(H,19,22)/t14-/m1/s1. The van der Waals surface area contributed by atoms with Gasteiger partial charge in [-0.3, -0.25) is 14.5 Å². The minimum absolute atomic E-state index is 0.152. The van der Waals surface area contributed by atoms with E-state index in [1.807, 2.05) is 6.07 Å². The van der Waals surface area contributed by atoms with Crippen molar-refractivity contribution in [2.24, 2.45) is 5.92 Å². The van der Waals surface area contributed by atoms with Crippen LogP contribution in [0.25, 0.3) is 0 Å². The average Bonchev–Trinajstić information content (AvgIpc) is 3.20. The minimum atomic E-state index is 0.152. The third-order valence-corrected chi connectivity index (χ3v) is 5.81. The van der Waals surface area contributed by atoms with Gasteiger partial charge < -0.3 is 5.32 Å². The first-order chi connectivity index (χ1) is 11.1. The fraction of sp³-hybridized carbons (Fsp3) is 0.667. The molecule has 0 unspecified atom stereocenters. The van der Waals surface area contributed by atoms with E-state index in [-0.39, 0.29) is 11.7 Å².